The van der Waals surface area contributed by atoms with Crippen LogP contribution in [0.3, 0.4) is 0 Å². The fourth-order valence-electron chi connectivity index (χ4n) is 2.92. The van der Waals surface area contributed by atoms with Gasteiger partial charge in [0.05, 0.1) is 19.3 Å². The van der Waals surface area contributed by atoms with Crippen molar-refractivity contribution >= 4 is 0 Å². The Balaban J connectivity index is 2.20. The summed E-state index contributed by atoms with van der Waals surface area (Å²) in [4.78, 5) is 0. The molecule has 0 spiro atoms. The van der Waals surface area contributed by atoms with Gasteiger partial charge in [0.15, 0.2) is 0 Å². The topological polar surface area (TPSA) is 50.7 Å². The van der Waals surface area contributed by atoms with Crippen LogP contribution in [0.25, 0.3) is 0 Å². The van der Waals surface area contributed by atoms with Gasteiger partial charge in [-0.05, 0) is 24.0 Å². The molecule has 0 aromatic heterocycles. The zero-order valence-corrected chi connectivity index (χ0v) is 13.5. The average Bonchev–Trinajstić information content (AvgIpc) is 2.45. The molecule has 1 aromatic rings. The van der Waals surface area contributed by atoms with Crippen molar-refractivity contribution in [3.63, 3.8) is 0 Å². The van der Waals surface area contributed by atoms with E-state index in [1.54, 1.807) is 7.11 Å². The number of nitrogens with one attached hydrogen (secondary N) is 1. The Kier molecular flexibility index (Phi) is 5.62. The van der Waals surface area contributed by atoms with Crippen LogP contribution in [0.4, 0.5) is 0 Å². The lowest BCUT2D eigenvalue weighted by atomic mass is 9.89. The molecule has 21 heavy (non-hydrogen) atoms. The van der Waals surface area contributed by atoms with Crippen LogP contribution in [0.1, 0.15) is 48.9 Å². The minimum absolute atomic E-state index is 0.235. The SMILES string of the molecule is COCC(O)CNC1CCOc2c(C(C)C)ccc(C)c21. The zero-order valence-electron chi connectivity index (χ0n) is 13.5. The minimum Gasteiger partial charge on any atom is -0.493 e. The van der Waals surface area contributed by atoms with Gasteiger partial charge in [0.25, 0.3) is 0 Å². The van der Waals surface area contributed by atoms with E-state index >= 15 is 0 Å². The summed E-state index contributed by atoms with van der Waals surface area (Å²) in [5, 5.41) is 13.3. The van der Waals surface area contributed by atoms with Crippen LogP contribution in [0.5, 0.6) is 5.75 Å². The largest absolute Gasteiger partial charge is 0.493 e. The van der Waals surface area contributed by atoms with E-state index < -0.39 is 6.10 Å². The third-order valence-electron chi connectivity index (χ3n) is 4.03. The molecule has 1 aliphatic rings. The lowest BCUT2D eigenvalue weighted by Gasteiger charge is -2.31. The summed E-state index contributed by atoms with van der Waals surface area (Å²) in [6, 6.07) is 4.57. The first-order chi connectivity index (χ1) is 10.0. The number of fused-ring (bicyclic) bond motifs is 1. The summed E-state index contributed by atoms with van der Waals surface area (Å²) in [5.74, 6) is 1.48. The van der Waals surface area contributed by atoms with Crippen LogP contribution in [0.2, 0.25) is 0 Å². The molecule has 2 rings (SSSR count). The highest BCUT2D eigenvalue weighted by atomic mass is 16.5. The normalized spacial score (nSPS) is 19.2. The Hall–Kier alpha value is -1.10. The van der Waals surface area contributed by atoms with Gasteiger partial charge in [-0.2, -0.15) is 0 Å². The van der Waals surface area contributed by atoms with E-state index in [1.165, 1.54) is 16.7 Å². The first-order valence-electron chi connectivity index (χ1n) is 7.71. The second-order valence-electron chi connectivity index (χ2n) is 6.08. The van der Waals surface area contributed by atoms with E-state index in [-0.39, 0.29) is 6.04 Å². The van der Waals surface area contributed by atoms with Crippen molar-refractivity contribution in [2.75, 3.05) is 26.9 Å². The molecule has 1 heterocycles. The van der Waals surface area contributed by atoms with Gasteiger partial charge in [0.1, 0.15) is 5.75 Å². The van der Waals surface area contributed by atoms with Crippen molar-refractivity contribution < 1.29 is 14.6 Å². The first kappa shape index (κ1) is 16.3. The molecule has 0 amide bonds. The second-order valence-corrected chi connectivity index (χ2v) is 6.08. The highest BCUT2D eigenvalue weighted by molar-refractivity contribution is 5.50. The van der Waals surface area contributed by atoms with Gasteiger partial charge in [-0.1, -0.05) is 26.0 Å². The Bertz CT molecular complexity index is 473. The number of aliphatic hydroxyl groups excluding tert-OH is 1. The third kappa shape index (κ3) is 3.76. The monoisotopic (exact) mass is 293 g/mol. The maximum Gasteiger partial charge on any atom is 0.127 e. The number of methoxy groups -OCH3 is 1. The lowest BCUT2D eigenvalue weighted by molar-refractivity contribution is 0.0614. The lowest BCUT2D eigenvalue weighted by Crippen LogP contribution is -2.35. The molecule has 0 aliphatic carbocycles. The summed E-state index contributed by atoms with van der Waals surface area (Å²) in [5.41, 5.74) is 3.75. The minimum atomic E-state index is -0.477. The molecule has 1 aromatic carbocycles. The molecular formula is C17H27NO3. The van der Waals surface area contributed by atoms with E-state index in [4.69, 9.17) is 9.47 Å². The van der Waals surface area contributed by atoms with E-state index in [2.05, 4.69) is 38.2 Å². The van der Waals surface area contributed by atoms with Crippen LogP contribution in [0, 0.1) is 6.92 Å². The Labute approximate surface area is 127 Å². The zero-order chi connectivity index (χ0) is 15.4. The van der Waals surface area contributed by atoms with E-state index in [0.717, 1.165) is 12.2 Å². The van der Waals surface area contributed by atoms with Crippen LogP contribution in [-0.4, -0.2) is 38.1 Å². The highest BCUT2D eigenvalue weighted by Gasteiger charge is 2.26. The summed E-state index contributed by atoms with van der Waals surface area (Å²) in [6.07, 6.45) is 0.449. The first-order valence-corrected chi connectivity index (χ1v) is 7.71. The maximum absolute atomic E-state index is 9.82. The van der Waals surface area contributed by atoms with Crippen molar-refractivity contribution in [3.8, 4) is 5.75 Å². The van der Waals surface area contributed by atoms with Crippen LogP contribution in [-0.2, 0) is 4.74 Å². The molecule has 1 aliphatic heterocycles. The average molecular weight is 293 g/mol. The number of rotatable bonds is 6. The molecule has 2 atom stereocenters. The Morgan fingerprint density at radius 2 is 2.19 bits per heavy atom. The smallest absolute Gasteiger partial charge is 0.127 e. The van der Waals surface area contributed by atoms with E-state index in [1.807, 2.05) is 0 Å². The van der Waals surface area contributed by atoms with Gasteiger partial charge in [-0.3, -0.25) is 0 Å². The molecule has 0 saturated heterocycles. The molecular weight excluding hydrogens is 266 g/mol. The number of aryl methyl sites for hydroxylation is 1. The molecule has 0 radical (unpaired) electrons. The molecule has 0 bridgehead atoms. The van der Waals surface area contributed by atoms with Crippen molar-refractivity contribution in [2.24, 2.45) is 0 Å². The van der Waals surface area contributed by atoms with Crippen molar-refractivity contribution in [1.82, 2.24) is 5.32 Å². The molecule has 118 valence electrons. The molecule has 4 heteroatoms. The van der Waals surface area contributed by atoms with Gasteiger partial charge in [0, 0.05) is 31.7 Å². The quantitative estimate of drug-likeness (QED) is 0.846. The van der Waals surface area contributed by atoms with Gasteiger partial charge in [0.2, 0.25) is 0 Å². The number of hydrogen-bond acceptors (Lipinski definition) is 4. The van der Waals surface area contributed by atoms with E-state index in [0.29, 0.717) is 25.7 Å². The third-order valence-corrected chi connectivity index (χ3v) is 4.03. The number of hydrogen-bond donors (Lipinski definition) is 2. The fourth-order valence-corrected chi connectivity index (χ4v) is 2.92. The van der Waals surface area contributed by atoms with E-state index in [9.17, 15) is 5.11 Å². The molecule has 0 fully saturated rings. The predicted octanol–water partition coefficient (Wildman–Crippen LogP) is 2.54. The predicted molar refractivity (Wildman–Crippen MR) is 84.0 cm³/mol. The van der Waals surface area contributed by atoms with Gasteiger partial charge in [-0.25, -0.2) is 0 Å². The van der Waals surface area contributed by atoms with Gasteiger partial charge in [-0.15, -0.1) is 0 Å². The molecule has 2 N–H and O–H groups in total. The Morgan fingerprint density at radius 3 is 2.86 bits per heavy atom. The maximum atomic E-state index is 9.82. The molecule has 2 unspecified atom stereocenters. The fraction of sp³-hybridized carbons (Fsp3) is 0.647. The Morgan fingerprint density at radius 1 is 1.43 bits per heavy atom. The summed E-state index contributed by atoms with van der Waals surface area (Å²) in [7, 11) is 1.60. The highest BCUT2D eigenvalue weighted by Crippen LogP contribution is 2.40. The van der Waals surface area contributed by atoms with Crippen LogP contribution >= 0.6 is 0 Å². The van der Waals surface area contributed by atoms with Crippen LogP contribution < -0.4 is 10.1 Å². The summed E-state index contributed by atoms with van der Waals surface area (Å²) >= 11 is 0. The van der Waals surface area contributed by atoms with Crippen molar-refractivity contribution in [3.05, 3.63) is 28.8 Å². The summed E-state index contributed by atoms with van der Waals surface area (Å²) in [6.45, 7) is 8.10. The van der Waals surface area contributed by atoms with Gasteiger partial charge < -0.3 is 19.9 Å². The number of benzene rings is 1. The van der Waals surface area contributed by atoms with Crippen LogP contribution in [0.15, 0.2) is 12.1 Å². The number of ether oxygens (including phenoxy) is 2. The summed E-state index contributed by atoms with van der Waals surface area (Å²) < 4.78 is 10.9. The van der Waals surface area contributed by atoms with Gasteiger partial charge >= 0.3 is 0 Å². The standard InChI is InChI=1S/C17H27NO3/c1-11(2)14-6-5-12(3)16-15(7-8-21-17(14)16)18-9-13(19)10-20-4/h5-6,11,13,15,18-19H,7-10H2,1-4H3. The van der Waals surface area contributed by atoms with Crippen molar-refractivity contribution in [1.29, 1.82) is 0 Å². The molecule has 0 saturated carbocycles. The number of aliphatic hydroxyl groups is 1. The van der Waals surface area contributed by atoms with Crippen molar-refractivity contribution in [2.45, 2.75) is 45.3 Å². The molecule has 4 nitrogen and oxygen atoms in total. The second kappa shape index (κ2) is 7.25.